The first-order valence-corrected chi connectivity index (χ1v) is 18.5. The number of ether oxygens (including phenoxy) is 1. The largest absolute Gasteiger partial charge is 0.467 e. The molecule has 14 heteroatoms. The van der Waals surface area contributed by atoms with E-state index in [-0.39, 0.29) is 24.2 Å². The van der Waals surface area contributed by atoms with Crippen LogP contribution in [-0.2, 0) is 22.6 Å². The summed E-state index contributed by atoms with van der Waals surface area (Å²) in [5.41, 5.74) is 5.68. The monoisotopic (exact) mass is 728 g/mol. The van der Waals surface area contributed by atoms with Crippen LogP contribution >= 0.6 is 0 Å². The van der Waals surface area contributed by atoms with E-state index in [1.54, 1.807) is 18.0 Å². The first-order chi connectivity index (χ1) is 26.3. The van der Waals surface area contributed by atoms with E-state index in [0.29, 0.717) is 50.1 Å². The molecule has 2 aromatic carbocycles. The molecule has 2 fully saturated rings. The molecule has 0 bridgehead atoms. The normalized spacial score (nSPS) is 15.8. The molecule has 2 N–H and O–H groups in total. The van der Waals surface area contributed by atoms with E-state index in [1.807, 2.05) is 78.6 Å². The number of likely N-dealkylation sites (tertiary alicyclic amines) is 1. The SMILES string of the molecule is COc1nccc(N(C)c2ccc(C)c(-c3cn(Cc4cc(C5CCN(C(=O)C6(NC(=O)Cc7c[nH]c8ccccc78)CCCC6)CC5)no4)nn3)c2)n1. The number of benzene rings is 2. The van der Waals surface area contributed by atoms with Crippen molar-refractivity contribution in [2.75, 3.05) is 32.1 Å². The third kappa shape index (κ3) is 7.03. The van der Waals surface area contributed by atoms with Gasteiger partial charge in [-0.25, -0.2) is 9.67 Å². The fraction of sp³-hybridized carbons (Fsp3) is 0.375. The van der Waals surface area contributed by atoms with Crippen LogP contribution in [0.4, 0.5) is 11.5 Å². The average Bonchev–Trinajstić information content (AvgIpc) is 4.04. The third-order valence-electron chi connectivity index (χ3n) is 10.9. The Balaban J connectivity index is 0.877. The summed E-state index contributed by atoms with van der Waals surface area (Å²) in [4.78, 5) is 43.1. The molecule has 2 aliphatic rings. The fourth-order valence-electron chi connectivity index (χ4n) is 7.91. The van der Waals surface area contributed by atoms with Gasteiger partial charge in [-0.2, -0.15) is 4.98 Å². The zero-order chi connectivity index (χ0) is 37.2. The molecule has 1 saturated carbocycles. The Bertz CT molecular complexity index is 2280. The number of nitrogens with zero attached hydrogens (tertiary/aromatic N) is 8. The summed E-state index contributed by atoms with van der Waals surface area (Å²) >= 11 is 0. The molecule has 278 valence electrons. The number of para-hydroxylation sites is 1. The molecule has 8 rings (SSSR count). The molecule has 1 aliphatic carbocycles. The predicted octanol–water partition coefficient (Wildman–Crippen LogP) is 5.72. The Kier molecular flexibility index (Phi) is 9.57. The van der Waals surface area contributed by atoms with Crippen LogP contribution in [0.3, 0.4) is 0 Å². The number of piperidine rings is 1. The van der Waals surface area contributed by atoms with Crippen LogP contribution in [0.5, 0.6) is 6.01 Å². The van der Waals surface area contributed by atoms with Crippen molar-refractivity contribution in [1.29, 1.82) is 0 Å². The number of hydrogen-bond acceptors (Lipinski definition) is 10. The van der Waals surface area contributed by atoms with Gasteiger partial charge in [0.2, 0.25) is 11.8 Å². The highest BCUT2D eigenvalue weighted by molar-refractivity contribution is 5.94. The number of H-pyrrole nitrogens is 1. The average molecular weight is 729 g/mol. The maximum absolute atomic E-state index is 14.0. The van der Waals surface area contributed by atoms with Gasteiger partial charge in [0.25, 0.3) is 0 Å². The number of methoxy groups -OCH3 is 1. The molecular weight excluding hydrogens is 685 g/mol. The van der Waals surface area contributed by atoms with Gasteiger partial charge >= 0.3 is 6.01 Å². The third-order valence-corrected chi connectivity index (χ3v) is 10.9. The van der Waals surface area contributed by atoms with Crippen molar-refractivity contribution in [2.24, 2.45) is 0 Å². The molecule has 4 aromatic heterocycles. The molecule has 5 heterocycles. The molecule has 14 nitrogen and oxygen atoms in total. The summed E-state index contributed by atoms with van der Waals surface area (Å²) in [7, 11) is 3.49. The second-order valence-corrected chi connectivity index (χ2v) is 14.4. The lowest BCUT2D eigenvalue weighted by molar-refractivity contribution is -0.142. The molecule has 54 heavy (non-hydrogen) atoms. The van der Waals surface area contributed by atoms with Crippen molar-refractivity contribution in [3.63, 3.8) is 0 Å². The van der Waals surface area contributed by atoms with Crippen molar-refractivity contribution in [3.8, 4) is 17.3 Å². The number of aromatic nitrogens is 7. The lowest BCUT2D eigenvalue weighted by Gasteiger charge is -2.38. The minimum Gasteiger partial charge on any atom is -0.467 e. The summed E-state index contributed by atoms with van der Waals surface area (Å²) in [5, 5.41) is 17.5. The van der Waals surface area contributed by atoms with E-state index in [2.05, 4.69) is 47.9 Å². The Morgan fingerprint density at radius 2 is 1.91 bits per heavy atom. The maximum Gasteiger partial charge on any atom is 0.318 e. The number of aromatic amines is 1. The van der Waals surface area contributed by atoms with Gasteiger partial charge in [0, 0.05) is 66.7 Å². The molecule has 6 aromatic rings. The number of fused-ring (bicyclic) bond motifs is 1. The van der Waals surface area contributed by atoms with Gasteiger partial charge in [-0.3, -0.25) is 9.59 Å². The first-order valence-electron chi connectivity index (χ1n) is 18.5. The van der Waals surface area contributed by atoms with Crippen LogP contribution in [-0.4, -0.2) is 84.6 Å². The van der Waals surface area contributed by atoms with Gasteiger partial charge in [-0.15, -0.1) is 5.10 Å². The van der Waals surface area contributed by atoms with Gasteiger partial charge in [0.1, 0.15) is 23.6 Å². The second kappa shape index (κ2) is 14.8. The number of amides is 2. The zero-order valence-electron chi connectivity index (χ0n) is 30.8. The van der Waals surface area contributed by atoms with E-state index in [0.717, 1.165) is 70.4 Å². The zero-order valence-corrected chi connectivity index (χ0v) is 30.8. The van der Waals surface area contributed by atoms with E-state index in [9.17, 15) is 9.59 Å². The van der Waals surface area contributed by atoms with Crippen molar-refractivity contribution in [2.45, 2.75) is 69.9 Å². The van der Waals surface area contributed by atoms with Gasteiger partial charge in [-0.1, -0.05) is 47.5 Å². The highest BCUT2D eigenvalue weighted by atomic mass is 16.5. The smallest absolute Gasteiger partial charge is 0.318 e. The highest BCUT2D eigenvalue weighted by Crippen LogP contribution is 2.35. The van der Waals surface area contributed by atoms with Crippen LogP contribution in [0.15, 0.2) is 77.7 Å². The minimum absolute atomic E-state index is 0.0373. The molecule has 0 atom stereocenters. The van der Waals surface area contributed by atoms with Crippen molar-refractivity contribution >= 4 is 34.2 Å². The standard InChI is InChI=1S/C40H44N10O4/c1-26-10-11-29(48(2)36-12-17-41-39(43-36)53-3)21-32(26)35-25-50(47-45-35)24-30-22-34(46-54-30)27-13-18-49(19-14-27)38(52)40(15-6-7-16-40)44-37(51)20-28-23-42-33-9-5-4-8-31(28)33/h4-5,8-12,17,21-23,25,27,42H,6-7,13-16,18-20,24H2,1-3H3,(H,44,51). The summed E-state index contributed by atoms with van der Waals surface area (Å²) in [6.07, 6.45) is 10.4. The van der Waals surface area contributed by atoms with Crippen LogP contribution in [0.2, 0.25) is 0 Å². The Labute approximate surface area is 312 Å². The van der Waals surface area contributed by atoms with Gasteiger partial charge in [0.15, 0.2) is 5.76 Å². The van der Waals surface area contributed by atoms with Crippen LogP contribution in [0.25, 0.3) is 22.2 Å². The van der Waals surface area contributed by atoms with Crippen molar-refractivity contribution < 1.29 is 18.8 Å². The number of hydrogen-bond donors (Lipinski definition) is 2. The molecule has 0 spiro atoms. The molecule has 2 amide bonds. The molecule has 0 radical (unpaired) electrons. The van der Waals surface area contributed by atoms with Crippen LogP contribution in [0, 0.1) is 6.92 Å². The minimum atomic E-state index is -0.839. The van der Waals surface area contributed by atoms with Crippen molar-refractivity contribution in [3.05, 3.63) is 95.8 Å². The Hall–Kier alpha value is -6.05. The van der Waals surface area contributed by atoms with Gasteiger partial charge in [-0.05, 0) is 68.0 Å². The van der Waals surface area contributed by atoms with Crippen LogP contribution in [0.1, 0.15) is 67.0 Å². The predicted molar refractivity (Wildman–Crippen MR) is 202 cm³/mol. The topological polar surface area (TPSA) is 160 Å². The number of rotatable bonds is 11. The van der Waals surface area contributed by atoms with Gasteiger partial charge < -0.3 is 29.4 Å². The van der Waals surface area contributed by atoms with Gasteiger partial charge in [0.05, 0.1) is 25.4 Å². The maximum atomic E-state index is 14.0. The number of carbonyl (C=O) groups is 2. The summed E-state index contributed by atoms with van der Waals surface area (Å²) < 4.78 is 12.7. The molecule has 1 saturated heterocycles. The van der Waals surface area contributed by atoms with E-state index in [1.165, 1.54) is 0 Å². The summed E-state index contributed by atoms with van der Waals surface area (Å²) in [6.45, 7) is 3.65. The van der Waals surface area contributed by atoms with E-state index in [4.69, 9.17) is 9.26 Å². The highest BCUT2D eigenvalue weighted by Gasteiger charge is 2.45. The second-order valence-electron chi connectivity index (χ2n) is 14.4. The van der Waals surface area contributed by atoms with Crippen molar-refractivity contribution in [1.82, 2.24) is 45.3 Å². The Morgan fingerprint density at radius 3 is 2.72 bits per heavy atom. The fourth-order valence-corrected chi connectivity index (χ4v) is 7.91. The van der Waals surface area contributed by atoms with Crippen LogP contribution < -0.4 is 15.0 Å². The Morgan fingerprint density at radius 1 is 1.09 bits per heavy atom. The number of aryl methyl sites for hydroxylation is 1. The van der Waals surface area contributed by atoms with E-state index >= 15 is 0 Å². The quantitative estimate of drug-likeness (QED) is 0.169. The lowest BCUT2D eigenvalue weighted by atomic mass is 9.90. The number of nitrogens with one attached hydrogen (secondary N) is 2. The first kappa shape index (κ1) is 35.0. The summed E-state index contributed by atoms with van der Waals surface area (Å²) in [5.74, 6) is 1.49. The number of anilines is 2. The molecule has 0 unspecified atom stereocenters. The van der Waals surface area contributed by atoms with E-state index < -0.39 is 5.54 Å². The molecular formula is C40H44N10O4. The number of carbonyl (C=O) groups excluding carboxylic acids is 2. The lowest BCUT2D eigenvalue weighted by Crippen LogP contribution is -2.59. The molecule has 1 aliphatic heterocycles. The summed E-state index contributed by atoms with van der Waals surface area (Å²) in [6, 6.07) is 18.2.